The minimum atomic E-state index is -0.580. The first-order chi connectivity index (χ1) is 13.2. The second kappa shape index (κ2) is 21.5. The molecule has 0 aliphatic heterocycles. The summed E-state index contributed by atoms with van der Waals surface area (Å²) in [5.41, 5.74) is 0. The summed E-state index contributed by atoms with van der Waals surface area (Å²) < 4.78 is 0. The van der Waals surface area contributed by atoms with Gasteiger partial charge in [0.2, 0.25) is 0 Å². The van der Waals surface area contributed by atoms with Gasteiger partial charge in [-0.3, -0.25) is 4.79 Å². The van der Waals surface area contributed by atoms with Gasteiger partial charge in [0.15, 0.2) is 0 Å². The van der Waals surface area contributed by atoms with Crippen LogP contribution in [0.3, 0.4) is 0 Å². The number of carbonyl (C=O) groups is 1. The van der Waals surface area contributed by atoms with Gasteiger partial charge in [0.1, 0.15) is 0 Å². The molecule has 0 aromatic rings. The fourth-order valence-corrected chi connectivity index (χ4v) is 3.68. The number of aliphatic carboxylic acids is 1. The van der Waals surface area contributed by atoms with Crippen LogP contribution in [0, 0.1) is 5.92 Å². The molecule has 1 unspecified atom stereocenters. The summed E-state index contributed by atoms with van der Waals surface area (Å²) in [6.45, 7) is 4.40. The van der Waals surface area contributed by atoms with Gasteiger partial charge in [-0.05, 0) is 32.1 Å². The maximum absolute atomic E-state index is 11.3. The molecule has 0 radical (unpaired) electrons. The fraction of sp³-hybridized carbons (Fsp3) is 0.880. The Labute approximate surface area is 170 Å². The predicted octanol–water partition coefficient (Wildman–Crippen LogP) is 8.70. The van der Waals surface area contributed by atoms with E-state index in [-0.39, 0.29) is 5.92 Å². The molecule has 0 heterocycles. The van der Waals surface area contributed by atoms with Crippen molar-refractivity contribution in [2.45, 2.75) is 136 Å². The molecule has 0 rings (SSSR count). The van der Waals surface area contributed by atoms with Crippen LogP contribution in [0.2, 0.25) is 0 Å². The molecule has 0 saturated heterocycles. The van der Waals surface area contributed by atoms with Crippen LogP contribution in [0.25, 0.3) is 0 Å². The highest BCUT2D eigenvalue weighted by Gasteiger charge is 2.15. The van der Waals surface area contributed by atoms with Crippen LogP contribution in [-0.2, 0) is 4.79 Å². The highest BCUT2D eigenvalue weighted by molar-refractivity contribution is 5.69. The smallest absolute Gasteiger partial charge is 0.306 e. The van der Waals surface area contributed by atoms with Gasteiger partial charge in [0.05, 0.1) is 5.92 Å². The van der Waals surface area contributed by atoms with E-state index in [9.17, 15) is 9.90 Å². The number of hydrogen-bond acceptors (Lipinski definition) is 1. The minimum Gasteiger partial charge on any atom is -0.481 e. The van der Waals surface area contributed by atoms with Crippen molar-refractivity contribution in [1.29, 1.82) is 0 Å². The third-order valence-corrected chi connectivity index (χ3v) is 5.55. The van der Waals surface area contributed by atoms with Crippen LogP contribution in [0.5, 0.6) is 0 Å². The molecule has 2 nitrogen and oxygen atoms in total. The Kier molecular flexibility index (Phi) is 20.9. The van der Waals surface area contributed by atoms with Crippen LogP contribution in [0.4, 0.5) is 0 Å². The van der Waals surface area contributed by atoms with Gasteiger partial charge in [0.25, 0.3) is 0 Å². The lowest BCUT2D eigenvalue weighted by Gasteiger charge is -2.11. The Hall–Kier alpha value is -0.790. The van der Waals surface area contributed by atoms with E-state index in [2.05, 4.69) is 26.0 Å². The summed E-state index contributed by atoms with van der Waals surface area (Å²) in [5.74, 6) is -0.679. The molecule has 0 aliphatic rings. The van der Waals surface area contributed by atoms with Crippen molar-refractivity contribution in [1.82, 2.24) is 0 Å². The number of rotatable bonds is 21. The molecule has 0 amide bonds. The Morgan fingerprint density at radius 1 is 0.630 bits per heavy atom. The molecule has 0 aliphatic carbocycles. The molecule has 0 aromatic carbocycles. The first-order valence-corrected chi connectivity index (χ1v) is 12.1. The highest BCUT2D eigenvalue weighted by atomic mass is 16.4. The van der Waals surface area contributed by atoms with Crippen molar-refractivity contribution < 1.29 is 9.90 Å². The normalized spacial score (nSPS) is 12.7. The Morgan fingerprint density at radius 2 is 1.07 bits per heavy atom. The minimum absolute atomic E-state index is 0.0984. The molecule has 1 N–H and O–H groups in total. The van der Waals surface area contributed by atoms with Gasteiger partial charge >= 0.3 is 5.97 Å². The van der Waals surface area contributed by atoms with E-state index in [4.69, 9.17) is 0 Å². The van der Waals surface area contributed by atoms with Crippen LogP contribution in [-0.4, -0.2) is 11.1 Å². The lowest BCUT2D eigenvalue weighted by Crippen LogP contribution is -2.13. The van der Waals surface area contributed by atoms with Crippen molar-refractivity contribution in [2.75, 3.05) is 0 Å². The zero-order valence-electron chi connectivity index (χ0n) is 18.5. The topological polar surface area (TPSA) is 37.3 Å². The van der Waals surface area contributed by atoms with E-state index in [1.807, 2.05) is 0 Å². The molecule has 0 bridgehead atoms. The molecular weight excluding hydrogens is 332 g/mol. The number of carboxylic acid groups (broad SMARTS) is 1. The second-order valence-corrected chi connectivity index (χ2v) is 8.26. The van der Waals surface area contributed by atoms with Gasteiger partial charge in [0, 0.05) is 0 Å². The van der Waals surface area contributed by atoms with Crippen molar-refractivity contribution >= 4 is 5.97 Å². The quantitative estimate of drug-likeness (QED) is 0.160. The predicted molar refractivity (Wildman–Crippen MR) is 119 cm³/mol. The lowest BCUT2D eigenvalue weighted by molar-refractivity contribution is -0.142. The van der Waals surface area contributed by atoms with E-state index in [1.54, 1.807) is 0 Å². The van der Waals surface area contributed by atoms with Crippen molar-refractivity contribution in [2.24, 2.45) is 5.92 Å². The molecule has 160 valence electrons. The molecule has 0 fully saturated rings. The lowest BCUT2D eigenvalue weighted by atomic mass is 9.94. The van der Waals surface area contributed by atoms with Gasteiger partial charge in [-0.2, -0.15) is 0 Å². The molecule has 1 atom stereocenters. The molecule has 0 aromatic heterocycles. The maximum Gasteiger partial charge on any atom is 0.306 e. The van der Waals surface area contributed by atoms with E-state index in [0.29, 0.717) is 0 Å². The van der Waals surface area contributed by atoms with E-state index in [1.165, 1.54) is 96.3 Å². The molecular formula is C25H48O2. The number of hydrogen-bond donors (Lipinski definition) is 1. The third-order valence-electron chi connectivity index (χ3n) is 5.55. The summed E-state index contributed by atoms with van der Waals surface area (Å²) in [6.07, 6.45) is 28.2. The Morgan fingerprint density at radius 3 is 1.56 bits per heavy atom. The zero-order valence-corrected chi connectivity index (χ0v) is 18.5. The molecule has 0 spiro atoms. The molecule has 0 saturated carbocycles. The average Bonchev–Trinajstić information content (AvgIpc) is 2.66. The Balaban J connectivity index is 3.31. The largest absolute Gasteiger partial charge is 0.481 e. The number of carboxylic acids is 1. The number of allylic oxidation sites excluding steroid dienone is 2. The van der Waals surface area contributed by atoms with Crippen LogP contribution >= 0.6 is 0 Å². The van der Waals surface area contributed by atoms with E-state index in [0.717, 1.165) is 25.7 Å². The maximum atomic E-state index is 11.3. The standard InChI is InChI=1S/C25H48O2/c1-3-5-7-8-9-10-11-12-13-14-15-16-17-18-19-21-23-24(25(26)27)22-20-6-4-2/h7-8,24H,3-6,9-23H2,1-2H3,(H,26,27). The Bertz CT molecular complexity index is 335. The van der Waals surface area contributed by atoms with Crippen molar-refractivity contribution in [3.05, 3.63) is 12.2 Å². The van der Waals surface area contributed by atoms with Crippen LogP contribution in [0.1, 0.15) is 136 Å². The average molecular weight is 381 g/mol. The van der Waals surface area contributed by atoms with Gasteiger partial charge in [-0.25, -0.2) is 0 Å². The SMILES string of the molecule is CCCC=CCCCCCCCCCCCCCC(CCCCC)C(=O)O. The summed E-state index contributed by atoms with van der Waals surface area (Å²) in [7, 11) is 0. The third kappa shape index (κ3) is 19.8. The van der Waals surface area contributed by atoms with Crippen LogP contribution < -0.4 is 0 Å². The monoisotopic (exact) mass is 380 g/mol. The van der Waals surface area contributed by atoms with E-state index >= 15 is 0 Å². The summed E-state index contributed by atoms with van der Waals surface area (Å²) in [4.78, 5) is 11.3. The second-order valence-electron chi connectivity index (χ2n) is 8.26. The van der Waals surface area contributed by atoms with Gasteiger partial charge in [-0.1, -0.05) is 116 Å². The summed E-state index contributed by atoms with van der Waals surface area (Å²) in [5, 5.41) is 9.29. The molecule has 27 heavy (non-hydrogen) atoms. The van der Waals surface area contributed by atoms with Gasteiger partial charge in [-0.15, -0.1) is 0 Å². The number of unbranched alkanes of at least 4 members (excludes halogenated alkanes) is 14. The van der Waals surface area contributed by atoms with E-state index < -0.39 is 5.97 Å². The first kappa shape index (κ1) is 26.2. The van der Waals surface area contributed by atoms with Crippen molar-refractivity contribution in [3.63, 3.8) is 0 Å². The van der Waals surface area contributed by atoms with Crippen molar-refractivity contribution in [3.8, 4) is 0 Å². The first-order valence-electron chi connectivity index (χ1n) is 12.1. The van der Waals surface area contributed by atoms with Gasteiger partial charge < -0.3 is 5.11 Å². The zero-order chi connectivity index (χ0) is 20.0. The fourth-order valence-electron chi connectivity index (χ4n) is 3.68. The van der Waals surface area contributed by atoms with Crippen LogP contribution in [0.15, 0.2) is 12.2 Å². The molecule has 2 heteroatoms. The highest BCUT2D eigenvalue weighted by Crippen LogP contribution is 2.19. The summed E-state index contributed by atoms with van der Waals surface area (Å²) in [6, 6.07) is 0. The summed E-state index contributed by atoms with van der Waals surface area (Å²) >= 11 is 0.